The average molecular weight is 255 g/mol. The molecule has 0 saturated carbocycles. The van der Waals surface area contributed by atoms with Crippen molar-refractivity contribution in [3.8, 4) is 6.07 Å². The van der Waals surface area contributed by atoms with Gasteiger partial charge in [0.25, 0.3) is 0 Å². The Labute approximate surface area is 91.2 Å². The molecule has 1 rings (SSSR count). The molecule has 1 aromatic rings. The molecule has 0 atom stereocenters. The van der Waals surface area contributed by atoms with Crippen LogP contribution in [0, 0.1) is 11.3 Å². The van der Waals surface area contributed by atoms with Gasteiger partial charge in [0.1, 0.15) is 5.69 Å². The summed E-state index contributed by atoms with van der Waals surface area (Å²) in [6.45, 7) is 1.89. The van der Waals surface area contributed by atoms with E-state index in [1.807, 2.05) is 14.0 Å². The maximum Gasteiger partial charge on any atom is 0.177 e. The minimum absolute atomic E-state index is 0.455. The molecule has 0 aliphatic rings. The highest BCUT2D eigenvalue weighted by molar-refractivity contribution is 9.10. The van der Waals surface area contributed by atoms with Crippen LogP contribution in [-0.4, -0.2) is 9.55 Å². The van der Waals surface area contributed by atoms with E-state index < -0.39 is 0 Å². The lowest BCUT2D eigenvalue weighted by Gasteiger charge is -1.98. The largest absolute Gasteiger partial charge is 0.396 e. The van der Waals surface area contributed by atoms with Crippen molar-refractivity contribution in [1.82, 2.24) is 9.55 Å². The van der Waals surface area contributed by atoms with E-state index in [0.29, 0.717) is 28.1 Å². The van der Waals surface area contributed by atoms with Crippen LogP contribution in [0.15, 0.2) is 16.5 Å². The maximum absolute atomic E-state index is 8.80. The lowest BCUT2D eigenvalue weighted by molar-refractivity contribution is 0.881. The van der Waals surface area contributed by atoms with Gasteiger partial charge >= 0.3 is 0 Å². The molecule has 4 nitrogen and oxygen atoms in total. The number of rotatable bonds is 2. The molecule has 0 saturated heterocycles. The summed E-state index contributed by atoms with van der Waals surface area (Å²) in [5, 5.41) is 8.80. The smallest absolute Gasteiger partial charge is 0.177 e. The van der Waals surface area contributed by atoms with E-state index in [-0.39, 0.29) is 0 Å². The van der Waals surface area contributed by atoms with Gasteiger partial charge in [-0.1, -0.05) is 6.92 Å². The van der Waals surface area contributed by atoms with Crippen LogP contribution in [0.25, 0.3) is 5.70 Å². The van der Waals surface area contributed by atoms with Crippen LogP contribution in [0.2, 0.25) is 0 Å². The third kappa shape index (κ3) is 1.96. The van der Waals surface area contributed by atoms with Crippen molar-refractivity contribution in [3.05, 3.63) is 22.2 Å². The molecule has 0 aromatic carbocycles. The van der Waals surface area contributed by atoms with Gasteiger partial charge in [-0.25, -0.2) is 4.98 Å². The first-order valence-corrected chi connectivity index (χ1v) is 4.97. The van der Waals surface area contributed by atoms with Gasteiger partial charge in [0, 0.05) is 13.2 Å². The zero-order valence-electron chi connectivity index (χ0n) is 8.08. The summed E-state index contributed by atoms with van der Waals surface area (Å²) >= 11 is 3.27. The van der Waals surface area contributed by atoms with E-state index in [1.54, 1.807) is 10.8 Å². The van der Waals surface area contributed by atoms with Crippen molar-refractivity contribution < 1.29 is 0 Å². The zero-order chi connectivity index (χ0) is 10.7. The van der Waals surface area contributed by atoms with Gasteiger partial charge in [0.15, 0.2) is 4.73 Å². The fourth-order valence-corrected chi connectivity index (χ4v) is 1.35. The van der Waals surface area contributed by atoms with Crippen molar-refractivity contribution in [2.75, 3.05) is 0 Å². The van der Waals surface area contributed by atoms with Gasteiger partial charge in [0.05, 0.1) is 17.3 Å². The number of nitrogens with two attached hydrogens (primary N) is 1. The SMILES string of the molecule is CC/C(C#N)=C(/N)c1cn(C)c(Br)n1. The van der Waals surface area contributed by atoms with E-state index in [1.165, 1.54) is 0 Å². The van der Waals surface area contributed by atoms with E-state index in [2.05, 4.69) is 27.0 Å². The second kappa shape index (κ2) is 4.29. The molecule has 1 aromatic heterocycles. The molecule has 0 unspecified atom stereocenters. The maximum atomic E-state index is 8.80. The second-order valence-electron chi connectivity index (χ2n) is 2.86. The summed E-state index contributed by atoms with van der Waals surface area (Å²) in [5.41, 5.74) is 7.46. The quantitative estimate of drug-likeness (QED) is 0.819. The summed E-state index contributed by atoms with van der Waals surface area (Å²) < 4.78 is 2.50. The Morgan fingerprint density at radius 1 is 1.79 bits per heavy atom. The molecular weight excluding hydrogens is 244 g/mol. The Kier molecular flexibility index (Phi) is 3.31. The normalized spacial score (nSPS) is 12.1. The highest BCUT2D eigenvalue weighted by atomic mass is 79.9. The van der Waals surface area contributed by atoms with Crippen LogP contribution < -0.4 is 5.73 Å². The highest BCUT2D eigenvalue weighted by Crippen LogP contribution is 2.17. The van der Waals surface area contributed by atoms with Crippen LogP contribution >= 0.6 is 15.9 Å². The number of imidazole rings is 1. The number of nitrogens with zero attached hydrogens (tertiary/aromatic N) is 3. The van der Waals surface area contributed by atoms with Crippen LogP contribution in [0.5, 0.6) is 0 Å². The third-order valence-corrected chi connectivity index (χ3v) is 2.65. The Morgan fingerprint density at radius 3 is 2.79 bits per heavy atom. The minimum Gasteiger partial charge on any atom is -0.396 e. The first kappa shape index (κ1) is 10.8. The number of hydrogen-bond donors (Lipinski definition) is 1. The summed E-state index contributed by atoms with van der Waals surface area (Å²) in [4.78, 5) is 4.17. The Bertz CT molecular complexity index is 391. The average Bonchev–Trinajstić information content (AvgIpc) is 2.49. The van der Waals surface area contributed by atoms with Gasteiger partial charge in [-0.05, 0) is 22.4 Å². The topological polar surface area (TPSA) is 67.6 Å². The standard InChI is InChI=1S/C9H11BrN4/c1-3-6(4-11)8(12)7-5-14(2)9(10)13-7/h5H,3,12H2,1-2H3/b8-6-. The van der Waals surface area contributed by atoms with Crippen LogP contribution in [0.4, 0.5) is 0 Å². The van der Waals surface area contributed by atoms with Crippen molar-refractivity contribution in [3.63, 3.8) is 0 Å². The summed E-state index contributed by atoms with van der Waals surface area (Å²) in [5.74, 6) is 0. The first-order chi connectivity index (χ1) is 6.60. The van der Waals surface area contributed by atoms with Crippen molar-refractivity contribution in [2.24, 2.45) is 12.8 Å². The number of aryl methyl sites for hydroxylation is 1. The Morgan fingerprint density at radius 2 is 2.43 bits per heavy atom. The molecular formula is C9H11BrN4. The predicted octanol–water partition coefficient (Wildman–Crippen LogP) is 1.79. The third-order valence-electron chi connectivity index (χ3n) is 1.91. The monoisotopic (exact) mass is 254 g/mol. The molecule has 0 amide bonds. The van der Waals surface area contributed by atoms with Gasteiger partial charge in [-0.2, -0.15) is 5.26 Å². The number of hydrogen-bond acceptors (Lipinski definition) is 3. The van der Waals surface area contributed by atoms with Crippen LogP contribution in [0.3, 0.4) is 0 Å². The summed E-state index contributed by atoms with van der Waals surface area (Å²) in [7, 11) is 1.85. The molecule has 0 aliphatic carbocycles. The number of nitriles is 1. The summed E-state index contributed by atoms with van der Waals surface area (Å²) in [6, 6.07) is 2.07. The van der Waals surface area contributed by atoms with E-state index >= 15 is 0 Å². The molecule has 0 fully saturated rings. The lowest BCUT2D eigenvalue weighted by atomic mass is 10.1. The highest BCUT2D eigenvalue weighted by Gasteiger charge is 2.08. The Hall–Kier alpha value is -1.28. The van der Waals surface area contributed by atoms with Crippen LogP contribution in [0.1, 0.15) is 19.0 Å². The summed E-state index contributed by atoms with van der Waals surface area (Å²) in [6.07, 6.45) is 2.41. The van der Waals surface area contributed by atoms with E-state index in [4.69, 9.17) is 11.0 Å². The number of aromatic nitrogens is 2. The predicted molar refractivity (Wildman–Crippen MR) is 57.9 cm³/mol. The van der Waals surface area contributed by atoms with Gasteiger partial charge in [-0.15, -0.1) is 0 Å². The van der Waals surface area contributed by atoms with Crippen LogP contribution in [-0.2, 0) is 7.05 Å². The van der Waals surface area contributed by atoms with E-state index in [9.17, 15) is 0 Å². The second-order valence-corrected chi connectivity index (χ2v) is 3.57. The molecule has 5 heteroatoms. The van der Waals surface area contributed by atoms with Crippen molar-refractivity contribution in [1.29, 1.82) is 5.26 Å². The minimum atomic E-state index is 0.455. The molecule has 74 valence electrons. The molecule has 0 radical (unpaired) electrons. The molecule has 1 heterocycles. The van der Waals surface area contributed by atoms with Gasteiger partial charge in [0.2, 0.25) is 0 Å². The molecule has 2 N–H and O–H groups in total. The number of allylic oxidation sites excluding steroid dienone is 1. The molecule has 0 bridgehead atoms. The van der Waals surface area contributed by atoms with E-state index in [0.717, 1.165) is 0 Å². The number of halogens is 1. The molecule has 14 heavy (non-hydrogen) atoms. The molecule has 0 spiro atoms. The zero-order valence-corrected chi connectivity index (χ0v) is 9.67. The van der Waals surface area contributed by atoms with Crippen molar-refractivity contribution in [2.45, 2.75) is 13.3 Å². The fourth-order valence-electron chi connectivity index (χ4n) is 1.06. The fraction of sp³-hybridized carbons (Fsp3) is 0.333. The van der Waals surface area contributed by atoms with Crippen molar-refractivity contribution >= 4 is 21.6 Å². The molecule has 0 aliphatic heterocycles. The first-order valence-electron chi connectivity index (χ1n) is 4.18. The van der Waals surface area contributed by atoms with Gasteiger partial charge < -0.3 is 10.3 Å². The Balaban J connectivity index is 3.18. The lowest BCUT2D eigenvalue weighted by Crippen LogP contribution is -2.00. The van der Waals surface area contributed by atoms with Gasteiger partial charge in [-0.3, -0.25) is 0 Å².